The maximum Gasteiger partial charge on any atom is 0.211 e. The Morgan fingerprint density at radius 1 is 1.56 bits per heavy atom. The lowest BCUT2D eigenvalue weighted by atomic mass is 10.0. The molecule has 4 nitrogen and oxygen atoms in total. The van der Waals surface area contributed by atoms with Crippen LogP contribution in [0.4, 0.5) is 4.39 Å². The zero-order chi connectivity index (χ0) is 12.0. The monoisotopic (exact) mass is 219 g/mol. The first kappa shape index (κ1) is 12.4. The largest absolute Gasteiger partial charge is 0.473 e. The van der Waals surface area contributed by atoms with Crippen LogP contribution in [0.3, 0.4) is 0 Å². The molecule has 0 saturated heterocycles. The molecule has 0 aromatic carbocycles. The van der Waals surface area contributed by atoms with E-state index in [0.29, 0.717) is 11.3 Å². The van der Waals surface area contributed by atoms with Gasteiger partial charge in [-0.15, -0.1) is 0 Å². The molecule has 1 heterocycles. The Morgan fingerprint density at radius 2 is 2.19 bits per heavy atom. The number of hydrogen-bond acceptors (Lipinski definition) is 4. The smallest absolute Gasteiger partial charge is 0.211 e. The van der Waals surface area contributed by atoms with E-state index in [2.05, 4.69) is 15.0 Å². The fourth-order valence-corrected chi connectivity index (χ4v) is 0.856. The zero-order valence-electron chi connectivity index (χ0n) is 9.14. The van der Waals surface area contributed by atoms with Gasteiger partial charge in [0.25, 0.3) is 0 Å². The number of nitrogens with zero attached hydrogens (tertiary/aromatic N) is 3. The molecule has 1 aromatic rings. The van der Waals surface area contributed by atoms with Crippen LogP contribution in [0.15, 0.2) is 29.4 Å². The summed E-state index contributed by atoms with van der Waals surface area (Å²) in [6, 6.07) is 0. The first-order chi connectivity index (χ1) is 7.61. The summed E-state index contributed by atoms with van der Waals surface area (Å²) in [5.41, 5.74) is 0.481. The van der Waals surface area contributed by atoms with Crippen LogP contribution < -0.4 is 5.46 Å². The zero-order valence-corrected chi connectivity index (χ0v) is 9.14. The lowest BCUT2D eigenvalue weighted by Gasteiger charge is -2.03. The average Bonchev–Trinajstić information content (AvgIpc) is 2.28. The standard InChI is InChI=1S/C10H11BFN3O/c1-3-9(12)15-7(2)16-6-10-13-4-8(11)5-14-10/h3-5H,6H2,1-2H3/b9-3-,15-7+. The summed E-state index contributed by atoms with van der Waals surface area (Å²) in [7, 11) is 5.42. The predicted octanol–water partition coefficient (Wildman–Crippen LogP) is 1.04. The van der Waals surface area contributed by atoms with Gasteiger partial charge in [0.1, 0.15) is 14.5 Å². The highest BCUT2D eigenvalue weighted by atomic mass is 19.1. The van der Waals surface area contributed by atoms with Crippen LogP contribution in [-0.2, 0) is 11.3 Å². The molecule has 6 heteroatoms. The number of halogens is 1. The third-order valence-corrected chi connectivity index (χ3v) is 1.64. The third kappa shape index (κ3) is 4.21. The van der Waals surface area contributed by atoms with Gasteiger partial charge in [-0.2, -0.15) is 9.38 Å². The molecule has 0 aliphatic rings. The van der Waals surface area contributed by atoms with Gasteiger partial charge in [-0.25, -0.2) is 9.97 Å². The quantitative estimate of drug-likeness (QED) is 0.330. The first-order valence-electron chi connectivity index (χ1n) is 4.68. The van der Waals surface area contributed by atoms with Crippen molar-refractivity contribution < 1.29 is 9.13 Å². The molecule has 0 unspecified atom stereocenters. The van der Waals surface area contributed by atoms with Crippen molar-refractivity contribution in [1.29, 1.82) is 0 Å². The second kappa shape index (κ2) is 6.00. The average molecular weight is 219 g/mol. The molecule has 0 saturated carbocycles. The topological polar surface area (TPSA) is 47.4 Å². The van der Waals surface area contributed by atoms with Crippen LogP contribution in [-0.4, -0.2) is 23.7 Å². The minimum Gasteiger partial charge on any atom is -0.473 e. The van der Waals surface area contributed by atoms with E-state index in [1.54, 1.807) is 13.8 Å². The van der Waals surface area contributed by atoms with Crippen LogP contribution in [0.1, 0.15) is 19.7 Å². The van der Waals surface area contributed by atoms with Crippen molar-refractivity contribution in [2.24, 2.45) is 4.99 Å². The number of aromatic nitrogens is 2. The highest BCUT2D eigenvalue weighted by Gasteiger charge is 1.99. The summed E-state index contributed by atoms with van der Waals surface area (Å²) in [5.74, 6) is 0.0939. The first-order valence-corrected chi connectivity index (χ1v) is 4.68. The van der Waals surface area contributed by atoms with Gasteiger partial charge >= 0.3 is 0 Å². The normalized spacial score (nSPS) is 12.7. The van der Waals surface area contributed by atoms with Crippen molar-refractivity contribution >= 4 is 19.2 Å². The van der Waals surface area contributed by atoms with Crippen molar-refractivity contribution in [3.63, 3.8) is 0 Å². The number of aliphatic imine (C=N–C) groups is 1. The molecule has 0 bridgehead atoms. The Bertz CT molecular complexity index is 403. The molecule has 0 N–H and O–H groups in total. The molecule has 0 fully saturated rings. The second-order valence-corrected chi connectivity index (χ2v) is 2.96. The summed E-state index contributed by atoms with van der Waals surface area (Å²) >= 11 is 0. The summed E-state index contributed by atoms with van der Waals surface area (Å²) in [5, 5.41) is 0. The van der Waals surface area contributed by atoms with E-state index >= 15 is 0 Å². The Morgan fingerprint density at radius 3 is 2.75 bits per heavy atom. The van der Waals surface area contributed by atoms with Gasteiger partial charge in [-0.3, -0.25) is 0 Å². The molecule has 0 spiro atoms. The summed E-state index contributed by atoms with van der Waals surface area (Å²) in [4.78, 5) is 11.4. The van der Waals surface area contributed by atoms with Gasteiger partial charge in [-0.05, 0) is 13.0 Å². The Kier molecular flexibility index (Phi) is 4.63. The van der Waals surface area contributed by atoms with Gasteiger partial charge in [0, 0.05) is 19.3 Å². The van der Waals surface area contributed by atoms with Crippen LogP contribution >= 0.6 is 0 Å². The van der Waals surface area contributed by atoms with Crippen LogP contribution in [0.5, 0.6) is 0 Å². The van der Waals surface area contributed by atoms with Crippen molar-refractivity contribution in [3.8, 4) is 0 Å². The molecular formula is C10H11BFN3O. The Labute approximate surface area is 94.7 Å². The number of rotatable bonds is 3. The Balaban J connectivity index is 2.52. The molecule has 0 aliphatic heterocycles. The molecule has 0 atom stereocenters. The highest BCUT2D eigenvalue weighted by molar-refractivity contribution is 6.31. The van der Waals surface area contributed by atoms with E-state index in [1.807, 2.05) is 0 Å². The van der Waals surface area contributed by atoms with Crippen LogP contribution in [0.2, 0.25) is 0 Å². The van der Waals surface area contributed by atoms with E-state index in [-0.39, 0.29) is 12.5 Å². The fourth-order valence-electron chi connectivity index (χ4n) is 0.856. The lowest BCUT2D eigenvalue weighted by Crippen LogP contribution is -2.09. The molecule has 1 rings (SSSR count). The molecule has 0 amide bonds. The third-order valence-electron chi connectivity index (χ3n) is 1.64. The van der Waals surface area contributed by atoms with E-state index in [4.69, 9.17) is 12.6 Å². The van der Waals surface area contributed by atoms with Crippen molar-refractivity contribution in [1.82, 2.24) is 9.97 Å². The van der Waals surface area contributed by atoms with E-state index in [0.717, 1.165) is 0 Å². The van der Waals surface area contributed by atoms with Crippen molar-refractivity contribution in [2.45, 2.75) is 20.5 Å². The van der Waals surface area contributed by atoms with E-state index < -0.39 is 5.95 Å². The van der Waals surface area contributed by atoms with Gasteiger partial charge < -0.3 is 4.74 Å². The van der Waals surface area contributed by atoms with Crippen molar-refractivity contribution in [2.75, 3.05) is 0 Å². The Hall–Kier alpha value is -1.72. The molecule has 1 aromatic heterocycles. The highest BCUT2D eigenvalue weighted by Crippen LogP contribution is 2.00. The molecule has 16 heavy (non-hydrogen) atoms. The minimum atomic E-state index is -0.587. The predicted molar refractivity (Wildman–Crippen MR) is 60.2 cm³/mol. The summed E-state index contributed by atoms with van der Waals surface area (Å²) in [6.45, 7) is 3.24. The van der Waals surface area contributed by atoms with Crippen molar-refractivity contribution in [3.05, 3.63) is 30.2 Å². The molecule has 82 valence electrons. The minimum absolute atomic E-state index is 0.132. The number of allylic oxidation sites excluding steroid dienone is 1. The molecule has 0 aliphatic carbocycles. The second-order valence-electron chi connectivity index (χ2n) is 2.96. The van der Waals surface area contributed by atoms with E-state index in [9.17, 15) is 4.39 Å². The molecule has 2 radical (unpaired) electrons. The van der Waals surface area contributed by atoms with Gasteiger partial charge in [0.15, 0.2) is 11.7 Å². The number of ether oxygens (including phenoxy) is 1. The SMILES string of the molecule is [B]c1cnc(CO/C(C)=N/C(F)=C\C)nc1. The number of hydrogen-bond donors (Lipinski definition) is 0. The van der Waals surface area contributed by atoms with Gasteiger partial charge in [0.05, 0.1) is 0 Å². The van der Waals surface area contributed by atoms with Crippen LogP contribution in [0.25, 0.3) is 0 Å². The van der Waals surface area contributed by atoms with E-state index in [1.165, 1.54) is 18.5 Å². The lowest BCUT2D eigenvalue weighted by molar-refractivity contribution is 0.278. The maximum absolute atomic E-state index is 12.7. The van der Waals surface area contributed by atoms with Gasteiger partial charge in [0.2, 0.25) is 5.95 Å². The molecular weight excluding hydrogens is 208 g/mol. The summed E-state index contributed by atoms with van der Waals surface area (Å²) in [6.07, 6.45) is 4.20. The van der Waals surface area contributed by atoms with Gasteiger partial charge in [-0.1, -0.05) is 5.46 Å². The fraction of sp³-hybridized carbons (Fsp3) is 0.300. The van der Waals surface area contributed by atoms with Crippen LogP contribution in [0, 0.1) is 0 Å². The maximum atomic E-state index is 12.7. The summed E-state index contributed by atoms with van der Waals surface area (Å²) < 4.78 is 17.9.